The normalized spacial score (nSPS) is 14.9. The third-order valence-corrected chi connectivity index (χ3v) is 7.53. The molecule has 1 aliphatic heterocycles. The lowest BCUT2D eigenvalue weighted by Crippen LogP contribution is -2.44. The van der Waals surface area contributed by atoms with E-state index in [0.29, 0.717) is 35.0 Å². The predicted molar refractivity (Wildman–Crippen MR) is 144 cm³/mol. The molecule has 0 N–H and O–H groups in total. The molecule has 36 heavy (non-hydrogen) atoms. The number of aromatic nitrogens is 2. The van der Waals surface area contributed by atoms with Crippen LogP contribution in [0, 0.1) is 0 Å². The molecule has 2 aromatic carbocycles. The molecule has 0 amide bonds. The summed E-state index contributed by atoms with van der Waals surface area (Å²) in [6, 6.07) is 19.5. The van der Waals surface area contributed by atoms with Gasteiger partial charge in [-0.1, -0.05) is 42.1 Å². The molecule has 0 aliphatic carbocycles. The van der Waals surface area contributed by atoms with E-state index in [-0.39, 0.29) is 5.56 Å². The quantitative estimate of drug-likeness (QED) is 0.181. The highest BCUT2D eigenvalue weighted by atomic mass is 32.2. The van der Waals surface area contributed by atoms with Crippen LogP contribution >= 0.6 is 11.8 Å². The van der Waals surface area contributed by atoms with Crippen molar-refractivity contribution >= 4 is 22.7 Å². The van der Waals surface area contributed by atoms with Crippen molar-refractivity contribution in [3.05, 3.63) is 88.6 Å². The second kappa shape index (κ2) is 11.8. The minimum Gasteiger partial charge on any atom is -0.494 e. The number of fused-ring (bicyclic) bond motifs is 1. The lowest BCUT2D eigenvalue weighted by atomic mass is 10.2. The van der Waals surface area contributed by atoms with Crippen molar-refractivity contribution < 1.29 is 9.15 Å². The monoisotopic (exact) mass is 504 g/mol. The van der Waals surface area contributed by atoms with E-state index < -0.39 is 0 Å². The molecule has 1 aliphatic rings. The van der Waals surface area contributed by atoms with Crippen LogP contribution in [0.2, 0.25) is 0 Å². The zero-order chi connectivity index (χ0) is 24.7. The lowest BCUT2D eigenvalue weighted by molar-refractivity contribution is 0.145. The maximum absolute atomic E-state index is 13.6. The van der Waals surface area contributed by atoms with Crippen LogP contribution in [0.4, 0.5) is 0 Å². The summed E-state index contributed by atoms with van der Waals surface area (Å²) in [5.74, 6) is 2.15. The molecular formula is C28H32N4O3S. The van der Waals surface area contributed by atoms with Crippen molar-refractivity contribution in [2.24, 2.45) is 0 Å². The fourth-order valence-corrected chi connectivity index (χ4v) is 5.30. The largest absolute Gasteiger partial charge is 0.494 e. The summed E-state index contributed by atoms with van der Waals surface area (Å²) in [4.78, 5) is 23.3. The highest BCUT2D eigenvalue weighted by Gasteiger charge is 2.15. The van der Waals surface area contributed by atoms with Crippen LogP contribution in [-0.4, -0.2) is 65.7 Å². The minimum atomic E-state index is -0.0881. The van der Waals surface area contributed by atoms with E-state index in [2.05, 4.69) is 29.0 Å². The van der Waals surface area contributed by atoms with Gasteiger partial charge < -0.3 is 19.0 Å². The van der Waals surface area contributed by atoms with Gasteiger partial charge in [0.2, 0.25) is 0 Å². The van der Waals surface area contributed by atoms with E-state index in [1.54, 1.807) is 22.6 Å². The fraction of sp³-hybridized carbons (Fsp3) is 0.357. The average Bonchev–Trinajstić information content (AvgIpc) is 3.42. The number of hydrogen-bond acceptors (Lipinski definition) is 7. The summed E-state index contributed by atoms with van der Waals surface area (Å²) < 4.78 is 13.3. The smallest absolute Gasteiger partial charge is 0.262 e. The van der Waals surface area contributed by atoms with Crippen LogP contribution in [0.15, 0.2) is 81.3 Å². The van der Waals surface area contributed by atoms with Gasteiger partial charge in [-0.3, -0.25) is 9.36 Å². The number of furan rings is 1. The Morgan fingerprint density at radius 1 is 1.03 bits per heavy atom. The Balaban J connectivity index is 1.32. The van der Waals surface area contributed by atoms with Gasteiger partial charge in [-0.2, -0.15) is 0 Å². The second-order valence-corrected chi connectivity index (χ2v) is 10.1. The summed E-state index contributed by atoms with van der Waals surface area (Å²) in [6.45, 7) is 6.44. The van der Waals surface area contributed by atoms with Crippen LogP contribution < -0.4 is 10.3 Å². The van der Waals surface area contributed by atoms with E-state index in [4.69, 9.17) is 14.1 Å². The van der Waals surface area contributed by atoms with Crippen LogP contribution in [0.3, 0.4) is 0 Å². The summed E-state index contributed by atoms with van der Waals surface area (Å²) in [6.07, 6.45) is 2.58. The van der Waals surface area contributed by atoms with Crippen molar-refractivity contribution in [2.45, 2.75) is 23.9 Å². The van der Waals surface area contributed by atoms with Gasteiger partial charge in [-0.05, 0) is 49.4 Å². The van der Waals surface area contributed by atoms with Gasteiger partial charge in [0.25, 0.3) is 5.56 Å². The van der Waals surface area contributed by atoms with Crippen molar-refractivity contribution in [3.8, 4) is 5.75 Å². The van der Waals surface area contributed by atoms with Crippen LogP contribution in [-0.2, 0) is 12.3 Å². The molecular weight excluding hydrogens is 472 g/mol. The Bertz CT molecular complexity index is 1320. The maximum atomic E-state index is 13.6. The highest BCUT2D eigenvalue weighted by molar-refractivity contribution is 7.98. The van der Waals surface area contributed by atoms with E-state index in [1.807, 2.05) is 48.5 Å². The molecule has 188 valence electrons. The highest BCUT2D eigenvalue weighted by Crippen LogP contribution is 2.25. The molecule has 0 atom stereocenters. The molecule has 5 rings (SSSR count). The topological polar surface area (TPSA) is 63.7 Å². The number of likely N-dealkylation sites (N-methyl/N-ethyl adjacent to an activating group) is 1. The van der Waals surface area contributed by atoms with Crippen LogP contribution in [0.5, 0.6) is 5.75 Å². The van der Waals surface area contributed by atoms with Gasteiger partial charge in [0, 0.05) is 38.5 Å². The first-order chi connectivity index (χ1) is 17.7. The van der Waals surface area contributed by atoms with Crippen LogP contribution in [0.25, 0.3) is 10.9 Å². The third kappa shape index (κ3) is 6.19. The van der Waals surface area contributed by atoms with Crippen molar-refractivity contribution in [1.29, 1.82) is 0 Å². The molecule has 0 spiro atoms. The predicted octanol–water partition coefficient (Wildman–Crippen LogP) is 4.35. The van der Waals surface area contributed by atoms with Gasteiger partial charge in [0.05, 0.1) is 30.3 Å². The summed E-state index contributed by atoms with van der Waals surface area (Å²) >= 11 is 1.56. The van der Waals surface area contributed by atoms with Gasteiger partial charge in [0.1, 0.15) is 11.5 Å². The number of thioether (sulfide) groups is 1. The average molecular weight is 505 g/mol. The molecule has 4 aromatic rings. The van der Waals surface area contributed by atoms with E-state index in [9.17, 15) is 4.79 Å². The number of rotatable bonds is 10. The molecule has 0 bridgehead atoms. The van der Waals surface area contributed by atoms with E-state index >= 15 is 0 Å². The number of benzene rings is 2. The van der Waals surface area contributed by atoms with Gasteiger partial charge in [-0.15, -0.1) is 0 Å². The standard InChI is InChI=1S/C28H32N4O3S/c1-30-13-15-31(16-14-30)12-6-18-34-23-10-11-26-25(19-23)27(33)32(20-24-9-5-17-35-24)28(29-26)36-21-22-7-3-2-4-8-22/h2-5,7-11,17,19H,6,12-16,18,20-21H2,1H3. The molecule has 7 nitrogen and oxygen atoms in total. The van der Waals surface area contributed by atoms with Crippen LogP contribution in [0.1, 0.15) is 17.7 Å². The van der Waals surface area contributed by atoms with Gasteiger partial charge in [0.15, 0.2) is 5.16 Å². The van der Waals surface area contributed by atoms with Crippen molar-refractivity contribution in [3.63, 3.8) is 0 Å². The summed E-state index contributed by atoms with van der Waals surface area (Å²) in [7, 11) is 2.17. The Morgan fingerprint density at radius 3 is 2.64 bits per heavy atom. The van der Waals surface area contributed by atoms with Gasteiger partial charge >= 0.3 is 0 Å². The zero-order valence-corrected chi connectivity index (χ0v) is 21.5. The molecule has 0 radical (unpaired) electrons. The molecule has 1 fully saturated rings. The second-order valence-electron chi connectivity index (χ2n) is 9.17. The number of piperazine rings is 1. The minimum absolute atomic E-state index is 0.0881. The summed E-state index contributed by atoms with van der Waals surface area (Å²) in [5, 5.41) is 1.23. The Labute approximate surface area is 215 Å². The molecule has 2 aromatic heterocycles. The zero-order valence-electron chi connectivity index (χ0n) is 20.6. The first-order valence-corrected chi connectivity index (χ1v) is 13.4. The Morgan fingerprint density at radius 2 is 1.86 bits per heavy atom. The summed E-state index contributed by atoms with van der Waals surface area (Å²) in [5.41, 5.74) is 1.77. The number of ether oxygens (including phenoxy) is 1. The van der Waals surface area contributed by atoms with Gasteiger partial charge in [-0.25, -0.2) is 4.98 Å². The van der Waals surface area contributed by atoms with E-state index in [0.717, 1.165) is 50.7 Å². The molecule has 0 saturated carbocycles. The Hall–Kier alpha value is -3.07. The first kappa shape index (κ1) is 24.6. The number of nitrogens with zero attached hydrogens (tertiary/aromatic N) is 4. The molecule has 1 saturated heterocycles. The van der Waals surface area contributed by atoms with Crippen molar-refractivity contribution in [2.75, 3.05) is 46.4 Å². The number of hydrogen-bond donors (Lipinski definition) is 0. The van der Waals surface area contributed by atoms with E-state index in [1.165, 1.54) is 5.56 Å². The maximum Gasteiger partial charge on any atom is 0.262 e. The molecule has 0 unspecified atom stereocenters. The Kier molecular flexibility index (Phi) is 8.05. The fourth-order valence-electron chi connectivity index (χ4n) is 4.35. The SMILES string of the molecule is CN1CCN(CCCOc2ccc3nc(SCc4ccccc4)n(Cc4ccco4)c(=O)c3c2)CC1. The molecule has 8 heteroatoms. The third-order valence-electron chi connectivity index (χ3n) is 6.48. The lowest BCUT2D eigenvalue weighted by Gasteiger charge is -2.32. The van der Waals surface area contributed by atoms with Crippen molar-refractivity contribution in [1.82, 2.24) is 19.4 Å². The first-order valence-electron chi connectivity index (χ1n) is 12.4. The molecule has 3 heterocycles.